The van der Waals surface area contributed by atoms with Crippen LogP contribution in [0, 0.1) is 5.41 Å². The first kappa shape index (κ1) is 12.2. The van der Waals surface area contributed by atoms with E-state index in [0.717, 1.165) is 31.4 Å². The van der Waals surface area contributed by atoms with E-state index in [1.165, 1.54) is 0 Å². The third-order valence-electron chi connectivity index (χ3n) is 4.22. The molecule has 1 heterocycles. The quantitative estimate of drug-likeness (QED) is 0.782. The van der Waals surface area contributed by atoms with E-state index in [1.54, 1.807) is 11.8 Å². The smallest absolute Gasteiger partial charge is 0.313 e. The standard InChI is InChI=1S/C12H20O3S/c13-10(14)11(5-4-8-16-9-11)12(15)6-2-1-3-7-12/h15H,1-9H2,(H,13,14). The van der Waals surface area contributed by atoms with Gasteiger partial charge in [-0.2, -0.15) is 11.8 Å². The minimum atomic E-state index is -0.954. The number of carbonyl (C=O) groups is 1. The summed E-state index contributed by atoms with van der Waals surface area (Å²) in [5.41, 5.74) is -1.83. The Bertz CT molecular complexity index is 265. The number of hydrogen-bond acceptors (Lipinski definition) is 3. The Labute approximate surface area is 101 Å². The van der Waals surface area contributed by atoms with Crippen LogP contribution in [0.15, 0.2) is 0 Å². The van der Waals surface area contributed by atoms with E-state index in [-0.39, 0.29) is 0 Å². The van der Waals surface area contributed by atoms with Gasteiger partial charge in [0, 0.05) is 5.75 Å². The van der Waals surface area contributed by atoms with Crippen molar-refractivity contribution in [3.8, 4) is 0 Å². The molecule has 16 heavy (non-hydrogen) atoms. The summed E-state index contributed by atoms with van der Waals surface area (Å²) < 4.78 is 0. The highest BCUT2D eigenvalue weighted by atomic mass is 32.2. The Morgan fingerprint density at radius 2 is 1.75 bits per heavy atom. The molecule has 1 saturated heterocycles. The van der Waals surface area contributed by atoms with Crippen molar-refractivity contribution >= 4 is 17.7 Å². The van der Waals surface area contributed by atoms with Crippen LogP contribution in [0.25, 0.3) is 0 Å². The molecule has 0 radical (unpaired) electrons. The minimum Gasteiger partial charge on any atom is -0.481 e. The van der Waals surface area contributed by atoms with E-state index in [0.29, 0.717) is 25.0 Å². The fraction of sp³-hybridized carbons (Fsp3) is 0.917. The molecule has 0 aromatic heterocycles. The van der Waals surface area contributed by atoms with Crippen molar-refractivity contribution in [3.05, 3.63) is 0 Å². The Morgan fingerprint density at radius 3 is 2.25 bits per heavy atom. The third-order valence-corrected chi connectivity index (χ3v) is 5.50. The summed E-state index contributed by atoms with van der Waals surface area (Å²) >= 11 is 1.68. The summed E-state index contributed by atoms with van der Waals surface area (Å²) in [5, 5.41) is 20.3. The molecule has 1 saturated carbocycles. The lowest BCUT2D eigenvalue weighted by molar-refractivity contribution is -0.172. The van der Waals surface area contributed by atoms with Crippen LogP contribution in [0.2, 0.25) is 0 Å². The van der Waals surface area contributed by atoms with Crippen LogP contribution in [0.5, 0.6) is 0 Å². The predicted molar refractivity (Wildman–Crippen MR) is 64.7 cm³/mol. The highest BCUT2D eigenvalue weighted by molar-refractivity contribution is 7.99. The average Bonchev–Trinajstić information content (AvgIpc) is 2.30. The van der Waals surface area contributed by atoms with Crippen molar-refractivity contribution in [2.45, 2.75) is 50.5 Å². The average molecular weight is 244 g/mol. The highest BCUT2D eigenvalue weighted by Crippen LogP contribution is 2.49. The molecule has 92 valence electrons. The summed E-state index contributed by atoms with van der Waals surface area (Å²) in [5.74, 6) is 0.827. The highest BCUT2D eigenvalue weighted by Gasteiger charge is 2.56. The van der Waals surface area contributed by atoms with Crippen LogP contribution in [-0.2, 0) is 4.79 Å². The Kier molecular flexibility index (Phi) is 3.50. The molecular weight excluding hydrogens is 224 g/mol. The molecule has 4 heteroatoms. The number of aliphatic carboxylic acids is 1. The molecule has 2 aliphatic rings. The van der Waals surface area contributed by atoms with E-state index in [4.69, 9.17) is 0 Å². The lowest BCUT2D eigenvalue weighted by Crippen LogP contribution is -2.57. The first-order valence-electron chi connectivity index (χ1n) is 6.14. The van der Waals surface area contributed by atoms with Crippen molar-refractivity contribution in [2.24, 2.45) is 5.41 Å². The van der Waals surface area contributed by atoms with E-state index in [1.807, 2.05) is 0 Å². The van der Waals surface area contributed by atoms with Gasteiger partial charge in [-0.3, -0.25) is 4.79 Å². The molecule has 0 amide bonds. The Morgan fingerprint density at radius 1 is 1.06 bits per heavy atom. The van der Waals surface area contributed by atoms with Gasteiger partial charge >= 0.3 is 5.97 Å². The molecular formula is C12H20O3S. The Hall–Kier alpha value is -0.220. The van der Waals surface area contributed by atoms with Gasteiger partial charge < -0.3 is 10.2 Å². The van der Waals surface area contributed by atoms with Gasteiger partial charge in [0.05, 0.1) is 5.60 Å². The second-order valence-corrected chi connectivity index (χ2v) is 6.24. The number of carboxylic acids is 1. The number of aliphatic hydroxyl groups is 1. The van der Waals surface area contributed by atoms with Gasteiger partial charge in [-0.05, 0) is 31.4 Å². The van der Waals surface area contributed by atoms with Crippen LogP contribution in [0.3, 0.4) is 0 Å². The monoisotopic (exact) mass is 244 g/mol. The molecule has 0 spiro atoms. The summed E-state index contributed by atoms with van der Waals surface area (Å²) in [4.78, 5) is 11.6. The van der Waals surface area contributed by atoms with Gasteiger partial charge in [-0.15, -0.1) is 0 Å². The van der Waals surface area contributed by atoms with Crippen LogP contribution in [-0.4, -0.2) is 33.3 Å². The van der Waals surface area contributed by atoms with E-state index >= 15 is 0 Å². The van der Waals surface area contributed by atoms with Crippen molar-refractivity contribution in [1.29, 1.82) is 0 Å². The topological polar surface area (TPSA) is 57.5 Å². The molecule has 1 atom stereocenters. The van der Waals surface area contributed by atoms with Crippen LogP contribution in [0.4, 0.5) is 0 Å². The van der Waals surface area contributed by atoms with Gasteiger partial charge in [-0.1, -0.05) is 19.3 Å². The second kappa shape index (κ2) is 4.57. The number of hydrogen-bond donors (Lipinski definition) is 2. The normalized spacial score (nSPS) is 34.6. The van der Waals surface area contributed by atoms with Gasteiger partial charge in [0.2, 0.25) is 0 Å². The first-order chi connectivity index (χ1) is 7.61. The zero-order valence-corrected chi connectivity index (χ0v) is 10.4. The summed E-state index contributed by atoms with van der Waals surface area (Å²) in [6, 6.07) is 0. The third kappa shape index (κ3) is 1.86. The van der Waals surface area contributed by atoms with E-state index in [2.05, 4.69) is 0 Å². The molecule has 2 fully saturated rings. The van der Waals surface area contributed by atoms with Crippen molar-refractivity contribution in [2.75, 3.05) is 11.5 Å². The van der Waals surface area contributed by atoms with Crippen LogP contribution < -0.4 is 0 Å². The fourth-order valence-corrected chi connectivity index (χ4v) is 4.52. The maximum atomic E-state index is 11.6. The molecule has 2 rings (SSSR count). The van der Waals surface area contributed by atoms with Crippen molar-refractivity contribution < 1.29 is 15.0 Å². The lowest BCUT2D eigenvalue weighted by atomic mass is 9.63. The van der Waals surface area contributed by atoms with E-state index in [9.17, 15) is 15.0 Å². The van der Waals surface area contributed by atoms with Gasteiger partial charge in [-0.25, -0.2) is 0 Å². The molecule has 1 unspecified atom stereocenters. The number of rotatable bonds is 2. The molecule has 0 bridgehead atoms. The lowest BCUT2D eigenvalue weighted by Gasteiger charge is -2.48. The molecule has 0 aromatic carbocycles. The van der Waals surface area contributed by atoms with Gasteiger partial charge in [0.25, 0.3) is 0 Å². The number of carboxylic acid groups (broad SMARTS) is 1. The molecule has 0 aromatic rings. The maximum absolute atomic E-state index is 11.6. The minimum absolute atomic E-state index is 0.582. The first-order valence-corrected chi connectivity index (χ1v) is 7.30. The zero-order chi connectivity index (χ0) is 11.6. The van der Waals surface area contributed by atoms with E-state index < -0.39 is 17.0 Å². The summed E-state index contributed by atoms with van der Waals surface area (Å²) in [6.45, 7) is 0. The summed E-state index contributed by atoms with van der Waals surface area (Å²) in [6.07, 6.45) is 5.96. The molecule has 2 N–H and O–H groups in total. The van der Waals surface area contributed by atoms with Crippen LogP contribution in [0.1, 0.15) is 44.9 Å². The van der Waals surface area contributed by atoms with Crippen LogP contribution >= 0.6 is 11.8 Å². The van der Waals surface area contributed by atoms with Crippen molar-refractivity contribution in [3.63, 3.8) is 0 Å². The molecule has 3 nitrogen and oxygen atoms in total. The molecule has 1 aliphatic heterocycles. The van der Waals surface area contributed by atoms with Crippen molar-refractivity contribution in [1.82, 2.24) is 0 Å². The van der Waals surface area contributed by atoms with Gasteiger partial charge in [0.15, 0.2) is 0 Å². The summed E-state index contributed by atoms with van der Waals surface area (Å²) in [7, 11) is 0. The zero-order valence-electron chi connectivity index (χ0n) is 9.57. The maximum Gasteiger partial charge on any atom is 0.313 e. The second-order valence-electron chi connectivity index (χ2n) is 5.14. The predicted octanol–water partition coefficient (Wildman–Crippen LogP) is 2.28. The largest absolute Gasteiger partial charge is 0.481 e. The number of thioether (sulfide) groups is 1. The van der Waals surface area contributed by atoms with Gasteiger partial charge in [0.1, 0.15) is 5.41 Å². The molecule has 1 aliphatic carbocycles. The Balaban J connectivity index is 2.26. The fourth-order valence-electron chi connectivity index (χ4n) is 3.14. The SMILES string of the molecule is O=C(O)C1(C2(O)CCCCC2)CCCSC1.